The number of carbonyl (C=O) groups is 3. The Kier molecular flexibility index (Phi) is 6.35. The quantitative estimate of drug-likeness (QED) is 0.653. The number of anilines is 1. The van der Waals surface area contributed by atoms with Gasteiger partial charge in [0, 0.05) is 6.20 Å². The third-order valence-electron chi connectivity index (χ3n) is 2.17. The van der Waals surface area contributed by atoms with Crippen LogP contribution in [0, 0.1) is 0 Å². The number of pyridine rings is 1. The Morgan fingerprint density at radius 1 is 1.29 bits per heavy atom. The van der Waals surface area contributed by atoms with Crippen molar-refractivity contribution in [2.45, 2.75) is 0 Å². The lowest BCUT2D eigenvalue weighted by Crippen LogP contribution is -2.42. The number of halogens is 2. The largest absolute Gasteiger partial charge is 0.480 e. The Balaban J connectivity index is 2.68. The Hall–Kier alpha value is -1.90. The fourth-order valence-corrected chi connectivity index (χ4v) is 1.89. The van der Waals surface area contributed by atoms with E-state index < -0.39 is 24.3 Å². The van der Waals surface area contributed by atoms with Crippen LogP contribution < -0.4 is 11.1 Å². The number of aliphatic carboxylic acids is 1. The van der Waals surface area contributed by atoms with Gasteiger partial charge in [-0.25, -0.2) is 4.98 Å². The zero-order chi connectivity index (χ0) is 16.0. The second-order valence-electron chi connectivity index (χ2n) is 4.04. The van der Waals surface area contributed by atoms with Crippen LogP contribution in [-0.4, -0.2) is 52.4 Å². The van der Waals surface area contributed by atoms with Crippen molar-refractivity contribution in [1.29, 1.82) is 0 Å². The van der Waals surface area contributed by atoms with Gasteiger partial charge in [-0.15, -0.1) is 0 Å². The summed E-state index contributed by atoms with van der Waals surface area (Å²) < 4.78 is 0. The molecule has 0 atom stereocenters. The standard InChI is InChI=1S/C11H12Cl2N4O4/c12-6-1-7(13)11(15-2-6)16-9(19)4-17(3-8(14)18)5-10(20)21/h1-2H,3-5H2,(H2,14,18)(H,20,21)(H,15,16,19). The molecule has 0 saturated carbocycles. The molecule has 0 bridgehead atoms. The molecule has 0 radical (unpaired) electrons. The number of nitrogens with two attached hydrogens (primary N) is 1. The molecule has 0 aliphatic heterocycles. The van der Waals surface area contributed by atoms with Gasteiger partial charge in [-0.2, -0.15) is 0 Å². The molecule has 0 aliphatic rings. The van der Waals surface area contributed by atoms with E-state index in [0.29, 0.717) is 5.02 Å². The van der Waals surface area contributed by atoms with E-state index in [1.807, 2.05) is 0 Å². The molecule has 0 aromatic carbocycles. The Bertz CT molecular complexity index is 551. The summed E-state index contributed by atoms with van der Waals surface area (Å²) in [7, 11) is 0. The van der Waals surface area contributed by atoms with Crippen molar-refractivity contribution in [3.8, 4) is 0 Å². The molecular formula is C11H12Cl2N4O4. The average molecular weight is 335 g/mol. The summed E-state index contributed by atoms with van der Waals surface area (Å²) in [5.41, 5.74) is 4.98. The maximum absolute atomic E-state index is 11.8. The van der Waals surface area contributed by atoms with E-state index in [0.717, 1.165) is 4.90 Å². The van der Waals surface area contributed by atoms with E-state index in [4.69, 9.17) is 34.0 Å². The molecule has 114 valence electrons. The normalized spacial score (nSPS) is 10.4. The van der Waals surface area contributed by atoms with Gasteiger partial charge in [0.1, 0.15) is 0 Å². The van der Waals surface area contributed by atoms with Gasteiger partial charge in [0.25, 0.3) is 0 Å². The highest BCUT2D eigenvalue weighted by Gasteiger charge is 2.17. The van der Waals surface area contributed by atoms with Gasteiger partial charge in [-0.05, 0) is 6.07 Å². The molecule has 1 aromatic heterocycles. The monoisotopic (exact) mass is 334 g/mol. The Morgan fingerprint density at radius 3 is 2.48 bits per heavy atom. The lowest BCUT2D eigenvalue weighted by Gasteiger charge is -2.17. The van der Waals surface area contributed by atoms with E-state index in [2.05, 4.69) is 10.3 Å². The summed E-state index contributed by atoms with van der Waals surface area (Å²) in [5, 5.41) is 11.5. The van der Waals surface area contributed by atoms with Crippen LogP contribution >= 0.6 is 23.2 Å². The predicted molar refractivity (Wildman–Crippen MR) is 76.2 cm³/mol. The van der Waals surface area contributed by atoms with Crippen molar-refractivity contribution < 1.29 is 19.5 Å². The second-order valence-corrected chi connectivity index (χ2v) is 4.88. The van der Waals surface area contributed by atoms with Crippen LogP contribution in [0.3, 0.4) is 0 Å². The number of nitrogens with one attached hydrogen (secondary N) is 1. The number of carboxylic acid groups (broad SMARTS) is 1. The summed E-state index contributed by atoms with van der Waals surface area (Å²) in [6.07, 6.45) is 1.29. The van der Waals surface area contributed by atoms with E-state index >= 15 is 0 Å². The van der Waals surface area contributed by atoms with Crippen LogP contribution in [0.25, 0.3) is 0 Å². The number of carbonyl (C=O) groups excluding carboxylic acids is 2. The molecule has 4 N–H and O–H groups in total. The molecule has 1 heterocycles. The van der Waals surface area contributed by atoms with Gasteiger partial charge in [-0.1, -0.05) is 23.2 Å². The predicted octanol–water partition coefficient (Wildman–Crippen LogP) is 0.199. The summed E-state index contributed by atoms with van der Waals surface area (Å²) in [6, 6.07) is 1.39. The average Bonchev–Trinajstić information content (AvgIpc) is 2.30. The maximum Gasteiger partial charge on any atom is 0.317 e. The minimum atomic E-state index is -1.19. The number of hydrogen-bond donors (Lipinski definition) is 3. The molecule has 0 saturated heterocycles. The van der Waals surface area contributed by atoms with Gasteiger partial charge in [0.05, 0.1) is 29.7 Å². The Morgan fingerprint density at radius 2 is 1.95 bits per heavy atom. The van der Waals surface area contributed by atoms with Gasteiger partial charge in [0.2, 0.25) is 11.8 Å². The fraction of sp³-hybridized carbons (Fsp3) is 0.273. The second kappa shape index (κ2) is 7.77. The molecular weight excluding hydrogens is 323 g/mol. The van der Waals surface area contributed by atoms with Gasteiger partial charge >= 0.3 is 5.97 Å². The summed E-state index contributed by atoms with van der Waals surface area (Å²) in [6.45, 7) is -1.21. The fourth-order valence-electron chi connectivity index (χ4n) is 1.46. The SMILES string of the molecule is NC(=O)CN(CC(=O)O)CC(=O)Nc1ncc(Cl)cc1Cl. The van der Waals surface area contributed by atoms with Crippen LogP contribution in [0.4, 0.5) is 5.82 Å². The van der Waals surface area contributed by atoms with Crippen molar-refractivity contribution in [1.82, 2.24) is 9.88 Å². The number of hydrogen-bond acceptors (Lipinski definition) is 5. The third kappa shape index (κ3) is 6.39. The minimum absolute atomic E-state index is 0.0837. The van der Waals surface area contributed by atoms with E-state index in [1.165, 1.54) is 12.3 Å². The molecule has 0 fully saturated rings. The summed E-state index contributed by atoms with van der Waals surface area (Å²) in [4.78, 5) is 38.2. The number of aromatic nitrogens is 1. The van der Waals surface area contributed by atoms with Crippen LogP contribution in [0.5, 0.6) is 0 Å². The first-order valence-corrected chi connectivity index (χ1v) is 6.37. The minimum Gasteiger partial charge on any atom is -0.480 e. The summed E-state index contributed by atoms with van der Waals surface area (Å²) in [5.74, 6) is -2.44. The number of rotatable bonds is 7. The first kappa shape index (κ1) is 17.2. The van der Waals surface area contributed by atoms with Crippen molar-refractivity contribution in [3.05, 3.63) is 22.3 Å². The zero-order valence-electron chi connectivity index (χ0n) is 10.7. The lowest BCUT2D eigenvalue weighted by atomic mass is 10.4. The van der Waals surface area contributed by atoms with Crippen LogP contribution in [0.1, 0.15) is 0 Å². The lowest BCUT2D eigenvalue weighted by molar-refractivity contribution is -0.138. The highest BCUT2D eigenvalue weighted by atomic mass is 35.5. The van der Waals surface area contributed by atoms with E-state index in [-0.39, 0.29) is 23.9 Å². The van der Waals surface area contributed by atoms with Crippen LogP contribution in [0.15, 0.2) is 12.3 Å². The number of nitrogens with zero attached hydrogens (tertiary/aromatic N) is 2. The molecule has 21 heavy (non-hydrogen) atoms. The molecule has 0 unspecified atom stereocenters. The zero-order valence-corrected chi connectivity index (χ0v) is 12.2. The number of primary amides is 1. The first-order chi connectivity index (χ1) is 9.77. The molecule has 0 spiro atoms. The van der Waals surface area contributed by atoms with Crippen molar-refractivity contribution >= 4 is 46.8 Å². The van der Waals surface area contributed by atoms with Crippen molar-refractivity contribution in [2.24, 2.45) is 5.73 Å². The topological polar surface area (TPSA) is 126 Å². The van der Waals surface area contributed by atoms with Gasteiger partial charge in [-0.3, -0.25) is 19.3 Å². The molecule has 10 heteroatoms. The van der Waals surface area contributed by atoms with Gasteiger partial charge < -0.3 is 16.2 Å². The van der Waals surface area contributed by atoms with Crippen LogP contribution in [-0.2, 0) is 14.4 Å². The van der Waals surface area contributed by atoms with Crippen molar-refractivity contribution in [2.75, 3.05) is 25.0 Å². The molecule has 2 amide bonds. The van der Waals surface area contributed by atoms with Crippen molar-refractivity contribution in [3.63, 3.8) is 0 Å². The smallest absolute Gasteiger partial charge is 0.317 e. The molecule has 0 aliphatic carbocycles. The molecule has 1 rings (SSSR count). The van der Waals surface area contributed by atoms with E-state index in [1.54, 1.807) is 0 Å². The van der Waals surface area contributed by atoms with Gasteiger partial charge in [0.15, 0.2) is 5.82 Å². The highest BCUT2D eigenvalue weighted by Crippen LogP contribution is 2.22. The molecule has 8 nitrogen and oxygen atoms in total. The van der Waals surface area contributed by atoms with Crippen LogP contribution in [0.2, 0.25) is 10.0 Å². The molecule has 1 aromatic rings. The van der Waals surface area contributed by atoms with E-state index in [9.17, 15) is 14.4 Å². The number of carboxylic acids is 1. The third-order valence-corrected chi connectivity index (χ3v) is 2.67. The summed E-state index contributed by atoms with van der Waals surface area (Å²) >= 11 is 11.5. The maximum atomic E-state index is 11.8. The number of amides is 2. The highest BCUT2D eigenvalue weighted by molar-refractivity contribution is 6.36. The first-order valence-electron chi connectivity index (χ1n) is 5.61. The Labute approximate surface area is 129 Å².